The maximum absolute atomic E-state index is 12.1. The number of carbonyl (C=O) groups excluding carboxylic acids is 1. The lowest BCUT2D eigenvalue weighted by atomic mass is 10.2. The van der Waals surface area contributed by atoms with Crippen LogP contribution in [-0.4, -0.2) is 53.5 Å². The molecular weight excluding hydrogens is 272 g/mol. The van der Waals surface area contributed by atoms with E-state index in [1.165, 1.54) is 0 Å². The van der Waals surface area contributed by atoms with Crippen LogP contribution in [0.2, 0.25) is 0 Å². The minimum atomic E-state index is 0.0154. The molecule has 0 aromatic carbocycles. The summed E-state index contributed by atoms with van der Waals surface area (Å²) >= 11 is 1.58. The van der Waals surface area contributed by atoms with Crippen molar-refractivity contribution in [2.45, 2.75) is 12.2 Å². The number of aromatic nitrogens is 1. The molecule has 0 N–H and O–H groups in total. The van der Waals surface area contributed by atoms with Crippen LogP contribution in [-0.2, 0) is 4.79 Å². The minimum absolute atomic E-state index is 0.0154. The summed E-state index contributed by atoms with van der Waals surface area (Å²) in [6.45, 7) is 4.88. The van der Waals surface area contributed by atoms with Crippen molar-refractivity contribution in [1.82, 2.24) is 9.88 Å². The molecule has 0 bridgehead atoms. The first-order valence-corrected chi connectivity index (χ1v) is 7.87. The Hall–Kier alpha value is -1.74. The fourth-order valence-electron chi connectivity index (χ4n) is 2.17. The van der Waals surface area contributed by atoms with E-state index >= 15 is 0 Å². The molecule has 20 heavy (non-hydrogen) atoms. The van der Waals surface area contributed by atoms with Gasteiger partial charge in [0.15, 0.2) is 0 Å². The average molecular weight is 290 g/mol. The van der Waals surface area contributed by atoms with E-state index < -0.39 is 0 Å². The van der Waals surface area contributed by atoms with Crippen molar-refractivity contribution in [3.63, 3.8) is 0 Å². The molecular formula is C14H18N4OS. The molecule has 5 nitrogen and oxygen atoms in total. The third kappa shape index (κ3) is 3.23. The number of amides is 1. The van der Waals surface area contributed by atoms with Gasteiger partial charge in [0.05, 0.1) is 16.9 Å². The lowest BCUT2D eigenvalue weighted by Crippen LogP contribution is -2.50. The summed E-state index contributed by atoms with van der Waals surface area (Å²) in [4.78, 5) is 20.4. The van der Waals surface area contributed by atoms with Gasteiger partial charge in [-0.05, 0) is 25.3 Å². The summed E-state index contributed by atoms with van der Waals surface area (Å²) in [7, 11) is 0. The highest BCUT2D eigenvalue weighted by Gasteiger charge is 2.24. The fraction of sp³-hybridized carbons (Fsp3) is 0.500. The highest BCUT2D eigenvalue weighted by atomic mass is 32.2. The monoisotopic (exact) mass is 290 g/mol. The number of hydrogen-bond donors (Lipinski definition) is 0. The van der Waals surface area contributed by atoms with Gasteiger partial charge in [0.1, 0.15) is 5.82 Å². The van der Waals surface area contributed by atoms with Crippen LogP contribution in [0, 0.1) is 11.3 Å². The van der Waals surface area contributed by atoms with Crippen LogP contribution in [0.5, 0.6) is 0 Å². The highest BCUT2D eigenvalue weighted by Crippen LogP contribution is 2.16. The number of thioether (sulfide) groups is 1. The topological polar surface area (TPSA) is 60.2 Å². The van der Waals surface area contributed by atoms with Gasteiger partial charge in [0.25, 0.3) is 0 Å². The molecule has 6 heteroatoms. The Labute approximate surface area is 123 Å². The minimum Gasteiger partial charge on any atom is -0.353 e. The molecule has 0 spiro atoms. The fourth-order valence-corrected chi connectivity index (χ4v) is 2.53. The molecule has 106 valence electrons. The third-order valence-corrected chi connectivity index (χ3v) is 4.40. The van der Waals surface area contributed by atoms with Crippen molar-refractivity contribution in [3.8, 4) is 6.07 Å². The van der Waals surface area contributed by atoms with Gasteiger partial charge in [-0.25, -0.2) is 4.98 Å². The van der Waals surface area contributed by atoms with Crippen LogP contribution < -0.4 is 4.90 Å². The number of hydrogen-bond acceptors (Lipinski definition) is 5. The first-order valence-electron chi connectivity index (χ1n) is 6.58. The molecule has 1 aliphatic heterocycles. The van der Waals surface area contributed by atoms with E-state index in [0.717, 1.165) is 18.9 Å². The molecule has 1 amide bonds. The number of carbonyl (C=O) groups is 1. The summed E-state index contributed by atoms with van der Waals surface area (Å²) in [5.41, 5.74) is 0.615. The van der Waals surface area contributed by atoms with Gasteiger partial charge in [0, 0.05) is 32.4 Å². The summed E-state index contributed by atoms with van der Waals surface area (Å²) in [6.07, 6.45) is 3.61. The Morgan fingerprint density at radius 3 is 2.75 bits per heavy atom. The summed E-state index contributed by atoms with van der Waals surface area (Å²) in [6, 6.07) is 5.61. The first kappa shape index (κ1) is 14.7. The van der Waals surface area contributed by atoms with E-state index in [9.17, 15) is 4.79 Å². The molecule has 1 aromatic rings. The summed E-state index contributed by atoms with van der Waals surface area (Å²) < 4.78 is 0. The van der Waals surface area contributed by atoms with Crippen LogP contribution in [0.3, 0.4) is 0 Å². The number of nitrogens with zero attached hydrogens (tertiary/aromatic N) is 4. The van der Waals surface area contributed by atoms with Crippen molar-refractivity contribution < 1.29 is 4.79 Å². The molecule has 0 aliphatic carbocycles. The molecule has 1 fully saturated rings. The molecule has 0 saturated carbocycles. The second kappa shape index (κ2) is 6.62. The largest absolute Gasteiger partial charge is 0.353 e. The van der Waals surface area contributed by atoms with Crippen LogP contribution in [0.1, 0.15) is 12.5 Å². The zero-order chi connectivity index (χ0) is 14.5. The molecule has 2 heterocycles. The highest BCUT2D eigenvalue weighted by molar-refractivity contribution is 7.99. The molecule has 2 rings (SSSR count). The van der Waals surface area contributed by atoms with E-state index in [1.54, 1.807) is 30.1 Å². The predicted molar refractivity (Wildman–Crippen MR) is 80.7 cm³/mol. The Morgan fingerprint density at radius 2 is 2.15 bits per heavy atom. The molecule has 0 radical (unpaired) electrons. The van der Waals surface area contributed by atoms with Gasteiger partial charge >= 0.3 is 0 Å². The maximum Gasteiger partial charge on any atom is 0.235 e. The van der Waals surface area contributed by atoms with E-state index in [2.05, 4.69) is 16.0 Å². The van der Waals surface area contributed by atoms with Gasteiger partial charge in [-0.15, -0.1) is 0 Å². The molecule has 1 unspecified atom stereocenters. The lowest BCUT2D eigenvalue weighted by molar-refractivity contribution is -0.130. The van der Waals surface area contributed by atoms with Crippen molar-refractivity contribution >= 4 is 23.5 Å². The molecule has 1 aliphatic rings. The van der Waals surface area contributed by atoms with Gasteiger partial charge < -0.3 is 9.80 Å². The molecule has 1 aromatic heterocycles. The van der Waals surface area contributed by atoms with Crippen LogP contribution in [0.15, 0.2) is 18.3 Å². The van der Waals surface area contributed by atoms with Crippen LogP contribution in [0.25, 0.3) is 0 Å². The summed E-state index contributed by atoms with van der Waals surface area (Å²) in [5, 5.41) is 8.93. The van der Waals surface area contributed by atoms with E-state index in [1.807, 2.05) is 18.1 Å². The van der Waals surface area contributed by atoms with Crippen molar-refractivity contribution in [2.75, 3.05) is 37.3 Å². The molecule has 1 saturated heterocycles. The number of nitriles is 1. The quantitative estimate of drug-likeness (QED) is 0.841. The number of anilines is 1. The van der Waals surface area contributed by atoms with Gasteiger partial charge in [-0.1, -0.05) is 0 Å². The average Bonchev–Trinajstić information content (AvgIpc) is 2.53. The van der Waals surface area contributed by atoms with Gasteiger partial charge in [-0.3, -0.25) is 4.79 Å². The van der Waals surface area contributed by atoms with E-state index in [-0.39, 0.29) is 11.2 Å². The lowest BCUT2D eigenvalue weighted by Gasteiger charge is -2.36. The molecule has 1 atom stereocenters. The maximum atomic E-state index is 12.1. The Kier molecular flexibility index (Phi) is 4.85. The van der Waals surface area contributed by atoms with Crippen molar-refractivity contribution in [1.29, 1.82) is 5.26 Å². The van der Waals surface area contributed by atoms with E-state index in [4.69, 9.17) is 5.26 Å². The normalized spacial score (nSPS) is 16.6. The van der Waals surface area contributed by atoms with Crippen molar-refractivity contribution in [3.05, 3.63) is 23.9 Å². The van der Waals surface area contributed by atoms with Gasteiger partial charge in [0.2, 0.25) is 5.91 Å². The second-order valence-electron chi connectivity index (χ2n) is 4.70. The standard InChI is InChI=1S/C14H18N4OS/c1-11(20-2)14(19)18-7-5-17(6-8-18)13-9-12(10-15)3-4-16-13/h3-4,9,11H,5-8H2,1-2H3. The SMILES string of the molecule is CSC(C)C(=O)N1CCN(c2cc(C#N)ccn2)CC1. The Balaban J connectivity index is 1.97. The van der Waals surface area contributed by atoms with Crippen molar-refractivity contribution in [2.24, 2.45) is 0 Å². The smallest absolute Gasteiger partial charge is 0.235 e. The first-order chi connectivity index (χ1) is 9.65. The van der Waals surface area contributed by atoms with E-state index in [0.29, 0.717) is 18.7 Å². The zero-order valence-electron chi connectivity index (χ0n) is 11.7. The summed E-state index contributed by atoms with van der Waals surface area (Å²) in [5.74, 6) is 1.02. The van der Waals surface area contributed by atoms with Gasteiger partial charge in [-0.2, -0.15) is 17.0 Å². The van der Waals surface area contributed by atoms with Crippen LogP contribution in [0.4, 0.5) is 5.82 Å². The third-order valence-electron chi connectivity index (χ3n) is 3.49. The second-order valence-corrected chi connectivity index (χ2v) is 5.88. The number of piperazine rings is 1. The Bertz CT molecular complexity index is 520. The number of rotatable bonds is 3. The number of pyridine rings is 1. The van der Waals surface area contributed by atoms with Crippen LogP contribution >= 0.6 is 11.8 Å². The Morgan fingerprint density at radius 1 is 1.45 bits per heavy atom. The zero-order valence-corrected chi connectivity index (χ0v) is 12.6. The predicted octanol–water partition coefficient (Wildman–Crippen LogP) is 1.35.